The molecule has 0 amide bonds. The summed E-state index contributed by atoms with van der Waals surface area (Å²) in [7, 11) is 0. The number of Topliss-reactive ketones (excluding diaryl/α,β-unsaturated/α-hetero) is 1. The lowest BCUT2D eigenvalue weighted by molar-refractivity contribution is -0.116. The van der Waals surface area contributed by atoms with E-state index in [9.17, 15) is 4.79 Å². The van der Waals surface area contributed by atoms with Gasteiger partial charge in [-0.2, -0.15) is 0 Å². The van der Waals surface area contributed by atoms with Crippen molar-refractivity contribution < 1.29 is 9.53 Å². The van der Waals surface area contributed by atoms with E-state index in [1.54, 1.807) is 6.92 Å². The van der Waals surface area contributed by atoms with E-state index in [1.807, 2.05) is 0 Å². The maximum Gasteiger partial charge on any atom is 0.130 e. The minimum atomic E-state index is 0. The molecule has 0 aromatic heterocycles. The van der Waals surface area contributed by atoms with Crippen molar-refractivity contribution in [2.75, 3.05) is 26.2 Å². The fraction of sp³-hybridized carbons (Fsp3) is 0.611. The van der Waals surface area contributed by atoms with E-state index in [0.717, 1.165) is 19.6 Å². The Kier molecular flexibility index (Phi) is 9.37. The molecule has 1 heterocycles. The lowest BCUT2D eigenvalue weighted by Gasteiger charge is -2.26. The number of likely N-dealkylation sites (tertiary alicyclic amines) is 1. The van der Waals surface area contributed by atoms with Gasteiger partial charge in [0.05, 0.1) is 13.2 Å². The van der Waals surface area contributed by atoms with E-state index < -0.39 is 0 Å². The molecule has 1 aromatic carbocycles. The van der Waals surface area contributed by atoms with Gasteiger partial charge in [0.15, 0.2) is 0 Å². The highest BCUT2D eigenvalue weighted by Crippen LogP contribution is 2.10. The number of nitrogens with zero attached hydrogens (tertiary/aromatic N) is 1. The van der Waals surface area contributed by atoms with E-state index in [2.05, 4.69) is 29.2 Å². The van der Waals surface area contributed by atoms with Crippen LogP contribution in [0.15, 0.2) is 24.3 Å². The van der Waals surface area contributed by atoms with Gasteiger partial charge in [-0.3, -0.25) is 0 Å². The molecule has 3 nitrogen and oxygen atoms in total. The largest absolute Gasteiger partial charge is 0.375 e. The van der Waals surface area contributed by atoms with Crippen LogP contribution in [-0.4, -0.2) is 36.9 Å². The number of carbonyl (C=O) groups is 1. The fourth-order valence-corrected chi connectivity index (χ4v) is 2.69. The molecule has 1 aromatic rings. The van der Waals surface area contributed by atoms with Crippen LogP contribution in [0.2, 0.25) is 0 Å². The van der Waals surface area contributed by atoms with Crippen molar-refractivity contribution >= 4 is 18.2 Å². The molecule has 0 radical (unpaired) electrons. The molecular formula is C18H28ClNO2. The number of aryl methyl sites for hydroxylation is 1. The van der Waals surface area contributed by atoms with Crippen LogP contribution in [-0.2, 0) is 22.6 Å². The molecule has 0 atom stereocenters. The van der Waals surface area contributed by atoms with Crippen LogP contribution in [0, 0.1) is 0 Å². The molecule has 1 aliphatic rings. The Labute approximate surface area is 140 Å². The summed E-state index contributed by atoms with van der Waals surface area (Å²) in [5.41, 5.74) is 2.43. The monoisotopic (exact) mass is 325 g/mol. The highest BCUT2D eigenvalue weighted by Gasteiger charge is 2.09. The summed E-state index contributed by atoms with van der Waals surface area (Å²) in [6, 6.07) is 8.42. The Morgan fingerprint density at radius 2 is 1.73 bits per heavy atom. The molecule has 1 saturated heterocycles. The van der Waals surface area contributed by atoms with Crippen molar-refractivity contribution in [1.82, 2.24) is 4.90 Å². The van der Waals surface area contributed by atoms with Gasteiger partial charge in [-0.15, -0.1) is 12.4 Å². The second-order valence-corrected chi connectivity index (χ2v) is 5.97. The highest BCUT2D eigenvalue weighted by molar-refractivity contribution is 5.85. The highest BCUT2D eigenvalue weighted by atomic mass is 35.5. The first-order valence-corrected chi connectivity index (χ1v) is 8.11. The standard InChI is InChI=1S/C18H27NO2.ClH/c1-16(20)5-6-17-7-9-18(10-8-17)15-21-14-13-19-11-3-2-4-12-19;/h7-10H,2-6,11-15H2,1H3;1H. The lowest BCUT2D eigenvalue weighted by atomic mass is 10.1. The number of ketones is 1. The second kappa shape index (κ2) is 10.8. The number of hydrogen-bond acceptors (Lipinski definition) is 3. The van der Waals surface area contributed by atoms with Gasteiger partial charge in [0, 0.05) is 13.0 Å². The minimum absolute atomic E-state index is 0. The van der Waals surface area contributed by atoms with Crippen molar-refractivity contribution in [3.05, 3.63) is 35.4 Å². The molecule has 4 heteroatoms. The van der Waals surface area contributed by atoms with Crippen molar-refractivity contribution in [1.29, 1.82) is 0 Å². The molecule has 1 fully saturated rings. The Bertz CT molecular complexity index is 427. The first kappa shape index (κ1) is 19.1. The Morgan fingerprint density at radius 3 is 2.36 bits per heavy atom. The zero-order valence-corrected chi connectivity index (χ0v) is 14.4. The summed E-state index contributed by atoms with van der Waals surface area (Å²) in [5, 5.41) is 0. The molecule has 124 valence electrons. The topological polar surface area (TPSA) is 29.5 Å². The fourth-order valence-electron chi connectivity index (χ4n) is 2.69. The quantitative estimate of drug-likeness (QED) is 0.683. The number of benzene rings is 1. The molecule has 0 aliphatic carbocycles. The van der Waals surface area contributed by atoms with Gasteiger partial charge < -0.3 is 14.4 Å². The van der Waals surface area contributed by atoms with Gasteiger partial charge >= 0.3 is 0 Å². The maximum absolute atomic E-state index is 11.0. The van der Waals surface area contributed by atoms with Crippen molar-refractivity contribution in [3.63, 3.8) is 0 Å². The number of carbonyl (C=O) groups excluding carboxylic acids is 1. The smallest absolute Gasteiger partial charge is 0.130 e. The molecule has 22 heavy (non-hydrogen) atoms. The number of piperidine rings is 1. The van der Waals surface area contributed by atoms with E-state index >= 15 is 0 Å². The van der Waals surface area contributed by atoms with Gasteiger partial charge in [0.25, 0.3) is 0 Å². The SMILES string of the molecule is CC(=O)CCc1ccc(COCCN2CCCCC2)cc1.Cl. The Morgan fingerprint density at radius 1 is 1.09 bits per heavy atom. The van der Waals surface area contributed by atoms with Crippen molar-refractivity contribution in [3.8, 4) is 0 Å². The summed E-state index contributed by atoms with van der Waals surface area (Å²) < 4.78 is 5.76. The number of halogens is 1. The summed E-state index contributed by atoms with van der Waals surface area (Å²) in [5.74, 6) is 0.250. The molecule has 0 saturated carbocycles. The predicted molar refractivity (Wildman–Crippen MR) is 92.6 cm³/mol. The molecule has 0 spiro atoms. The first-order valence-electron chi connectivity index (χ1n) is 8.11. The summed E-state index contributed by atoms with van der Waals surface area (Å²) in [6.07, 6.45) is 5.52. The third-order valence-electron chi connectivity index (χ3n) is 4.06. The van der Waals surface area contributed by atoms with Crippen LogP contribution in [0.1, 0.15) is 43.7 Å². The van der Waals surface area contributed by atoms with Crippen LogP contribution >= 0.6 is 12.4 Å². The maximum atomic E-state index is 11.0. The third-order valence-corrected chi connectivity index (χ3v) is 4.06. The van der Waals surface area contributed by atoms with E-state index in [4.69, 9.17) is 4.74 Å². The molecule has 0 N–H and O–H groups in total. The summed E-state index contributed by atoms with van der Waals surface area (Å²) in [6.45, 7) is 6.65. The zero-order chi connectivity index (χ0) is 14.9. The van der Waals surface area contributed by atoms with Crippen LogP contribution in [0.25, 0.3) is 0 Å². The van der Waals surface area contributed by atoms with Gasteiger partial charge in [-0.05, 0) is 50.4 Å². The third kappa shape index (κ3) is 7.39. The molecule has 0 unspecified atom stereocenters. The van der Waals surface area contributed by atoms with E-state index in [0.29, 0.717) is 13.0 Å². The van der Waals surface area contributed by atoms with Crippen LogP contribution < -0.4 is 0 Å². The predicted octanol–water partition coefficient (Wildman–Crippen LogP) is 3.63. The van der Waals surface area contributed by atoms with Gasteiger partial charge in [-0.1, -0.05) is 30.7 Å². The molecular weight excluding hydrogens is 298 g/mol. The Hall–Kier alpha value is -0.900. The van der Waals surface area contributed by atoms with Gasteiger partial charge in [0.1, 0.15) is 5.78 Å². The van der Waals surface area contributed by atoms with Crippen LogP contribution in [0.3, 0.4) is 0 Å². The van der Waals surface area contributed by atoms with Gasteiger partial charge in [0.2, 0.25) is 0 Å². The van der Waals surface area contributed by atoms with Crippen molar-refractivity contribution in [2.24, 2.45) is 0 Å². The van der Waals surface area contributed by atoms with E-state index in [-0.39, 0.29) is 18.2 Å². The number of rotatable bonds is 8. The van der Waals surface area contributed by atoms with E-state index in [1.165, 1.54) is 43.5 Å². The van der Waals surface area contributed by atoms with Crippen LogP contribution in [0.5, 0.6) is 0 Å². The number of ether oxygens (including phenoxy) is 1. The molecule has 1 aliphatic heterocycles. The summed E-state index contributed by atoms with van der Waals surface area (Å²) in [4.78, 5) is 13.5. The summed E-state index contributed by atoms with van der Waals surface area (Å²) >= 11 is 0. The molecule has 2 rings (SSSR count). The average molecular weight is 326 g/mol. The zero-order valence-electron chi connectivity index (χ0n) is 13.6. The average Bonchev–Trinajstić information content (AvgIpc) is 2.52. The lowest BCUT2D eigenvalue weighted by Crippen LogP contribution is -2.32. The Balaban J connectivity index is 0.00000242. The van der Waals surface area contributed by atoms with Crippen molar-refractivity contribution in [2.45, 2.75) is 45.6 Å². The van der Waals surface area contributed by atoms with Crippen LogP contribution in [0.4, 0.5) is 0 Å². The first-order chi connectivity index (χ1) is 10.2. The second-order valence-electron chi connectivity index (χ2n) is 5.97. The molecule has 0 bridgehead atoms. The van der Waals surface area contributed by atoms with Gasteiger partial charge in [-0.25, -0.2) is 0 Å². The number of hydrogen-bond donors (Lipinski definition) is 0. The normalized spacial score (nSPS) is 15.3. The minimum Gasteiger partial charge on any atom is -0.375 e.